The molecule has 0 aliphatic heterocycles. The molecule has 1 aliphatic rings. The summed E-state index contributed by atoms with van der Waals surface area (Å²) in [4.78, 5) is 0. The molecule has 0 bridgehead atoms. The first kappa shape index (κ1) is 32.8. The topological polar surface area (TPSA) is 0 Å². The second kappa shape index (κ2) is 13.5. The van der Waals surface area contributed by atoms with Crippen LogP contribution in [0.3, 0.4) is 0 Å². The smallest absolute Gasteiger partial charge is 0.358 e. The molecule has 0 saturated heterocycles. The summed E-state index contributed by atoms with van der Waals surface area (Å²) in [6, 6.07) is 32.1. The number of aryl methyl sites for hydroxylation is 4. The molecular weight excluding hydrogens is 675 g/mol. The van der Waals surface area contributed by atoms with E-state index in [1.165, 1.54) is 71.6 Å². The maximum absolute atomic E-state index is 4.24. The van der Waals surface area contributed by atoms with Gasteiger partial charge in [-0.15, -0.1) is 34.2 Å². The molecule has 1 unspecified atom stereocenters. The van der Waals surface area contributed by atoms with E-state index in [1.807, 2.05) is 0 Å². The Morgan fingerprint density at radius 1 is 0.732 bits per heavy atom. The van der Waals surface area contributed by atoms with Crippen LogP contribution in [0.2, 0.25) is 0 Å². The molecule has 0 spiro atoms. The zero-order valence-corrected chi connectivity index (χ0v) is 30.0. The third kappa shape index (κ3) is 6.25. The zero-order chi connectivity index (χ0) is 26.4. The van der Waals surface area contributed by atoms with E-state index in [-0.39, 0.29) is 40.7 Å². The van der Waals surface area contributed by atoms with E-state index >= 15 is 0 Å². The van der Waals surface area contributed by atoms with Crippen LogP contribution in [0, 0.1) is 49.5 Å². The molecule has 2 radical (unpaired) electrons. The summed E-state index contributed by atoms with van der Waals surface area (Å²) in [6.07, 6.45) is 4.55. The summed E-state index contributed by atoms with van der Waals surface area (Å²) in [5, 5.41) is 5.68. The fraction of sp³-hybridized carbons (Fsp3) is 0.179. The summed E-state index contributed by atoms with van der Waals surface area (Å²) in [5.74, 6) is 0.447. The molecule has 1 aliphatic carbocycles. The maximum atomic E-state index is 4.24. The Balaban J connectivity index is 0.00000154. The zero-order valence-electron chi connectivity index (χ0n) is 25.4. The van der Waals surface area contributed by atoms with Crippen LogP contribution in [0.4, 0.5) is 0 Å². The molecule has 0 aromatic heterocycles. The molecule has 0 heterocycles. The van der Waals surface area contributed by atoms with Crippen molar-refractivity contribution in [1.82, 2.24) is 0 Å². The second-order valence-electron chi connectivity index (χ2n) is 10.9. The predicted molar refractivity (Wildman–Crippen MR) is 179 cm³/mol. The van der Waals surface area contributed by atoms with Gasteiger partial charge in [-0.05, 0) is 72.6 Å². The Morgan fingerprint density at radius 3 is 2.00 bits per heavy atom. The minimum absolute atomic E-state index is 0. The first-order valence-electron chi connectivity index (χ1n) is 13.7. The number of hydrogen-bond acceptors (Lipinski definition) is 0. The van der Waals surface area contributed by atoms with Gasteiger partial charge < -0.3 is 21.8 Å². The van der Waals surface area contributed by atoms with Crippen LogP contribution in [0.5, 0.6) is 0 Å². The standard InChI is InChI=1S/C37H34Si.2CH3.Hf/c1-6-9-32-29-12-8-13-31(34-19-24(3)15-17-26(34)5)36(29)22-37(32)38-28-20-27-10-7-11-30(35(27)21-28)33-18-23(2)14-16-25(33)4;;;/h7-8,10-22,32H,1,6,9H2,2-5H3;2*1H3;/q-2;2*-1;+4. The minimum atomic E-state index is 0. The SMILES string of the molecule is [CH2-]CCC1C([Si]c2cc3c(-c4cc(C)ccc4C)cccc3[cH-]2)=Cc2c(-c3cc(C)ccc3C)cccc21.[CH3-].[CH3-].[Hf+4]. The number of fused-ring (bicyclic) bond motifs is 2. The predicted octanol–water partition coefficient (Wildman–Crippen LogP) is 10.1. The van der Waals surface area contributed by atoms with Gasteiger partial charge in [0.15, 0.2) is 0 Å². The number of benzene rings is 4. The van der Waals surface area contributed by atoms with Gasteiger partial charge in [-0.2, -0.15) is 12.5 Å². The number of hydrogen-bond donors (Lipinski definition) is 0. The van der Waals surface area contributed by atoms with Crippen LogP contribution < -0.4 is 5.19 Å². The van der Waals surface area contributed by atoms with Gasteiger partial charge in [0, 0.05) is 0 Å². The second-order valence-corrected chi connectivity index (χ2v) is 12.3. The van der Waals surface area contributed by atoms with Crippen molar-refractivity contribution in [1.29, 1.82) is 0 Å². The average Bonchev–Trinajstić information content (AvgIpc) is 3.48. The van der Waals surface area contributed by atoms with Gasteiger partial charge >= 0.3 is 25.8 Å². The van der Waals surface area contributed by atoms with E-state index in [4.69, 9.17) is 0 Å². The molecule has 5 aromatic rings. The van der Waals surface area contributed by atoms with E-state index in [0.29, 0.717) is 15.4 Å². The van der Waals surface area contributed by atoms with Crippen LogP contribution in [-0.2, 0) is 25.8 Å². The minimum Gasteiger partial charge on any atom is -0.358 e. The Labute approximate surface area is 269 Å². The molecule has 2 heteroatoms. The Bertz CT molecular complexity index is 1700. The third-order valence-electron chi connectivity index (χ3n) is 8.09. The largest absolute Gasteiger partial charge is 4.00 e. The van der Waals surface area contributed by atoms with Gasteiger partial charge in [0.2, 0.25) is 0 Å². The molecule has 0 amide bonds. The van der Waals surface area contributed by atoms with Crippen molar-refractivity contribution < 1.29 is 25.8 Å². The molecule has 0 fully saturated rings. The van der Waals surface area contributed by atoms with Crippen LogP contribution in [-0.4, -0.2) is 9.52 Å². The summed E-state index contributed by atoms with van der Waals surface area (Å²) in [5.41, 5.74) is 13.6. The van der Waals surface area contributed by atoms with Crippen molar-refractivity contribution in [2.45, 2.75) is 46.5 Å². The molecule has 5 aromatic carbocycles. The van der Waals surface area contributed by atoms with Crippen molar-refractivity contribution >= 4 is 31.6 Å². The Kier molecular flexibility index (Phi) is 10.8. The van der Waals surface area contributed by atoms with E-state index < -0.39 is 0 Å². The van der Waals surface area contributed by atoms with Crippen molar-refractivity contribution in [3.8, 4) is 22.3 Å². The van der Waals surface area contributed by atoms with Crippen LogP contribution in [0.1, 0.15) is 52.1 Å². The molecular formula is C39H40HfSi. The van der Waals surface area contributed by atoms with E-state index in [0.717, 1.165) is 12.8 Å². The molecule has 0 N–H and O–H groups in total. The van der Waals surface area contributed by atoms with E-state index in [1.54, 1.807) is 5.20 Å². The normalized spacial score (nSPS) is 13.6. The summed E-state index contributed by atoms with van der Waals surface area (Å²) in [7, 11) is 0.659. The summed E-state index contributed by atoms with van der Waals surface area (Å²) in [6.45, 7) is 13.1. The Morgan fingerprint density at radius 2 is 1.34 bits per heavy atom. The third-order valence-corrected chi connectivity index (χ3v) is 9.45. The molecule has 6 rings (SSSR count). The first-order valence-corrected chi connectivity index (χ1v) is 14.7. The van der Waals surface area contributed by atoms with Crippen molar-refractivity contribution in [2.24, 2.45) is 0 Å². The van der Waals surface area contributed by atoms with Crippen molar-refractivity contribution in [2.75, 3.05) is 0 Å². The average molecular weight is 715 g/mol. The molecule has 204 valence electrons. The van der Waals surface area contributed by atoms with E-state index in [2.05, 4.69) is 126 Å². The Hall–Kier alpha value is -2.68. The van der Waals surface area contributed by atoms with Gasteiger partial charge in [-0.1, -0.05) is 95.0 Å². The van der Waals surface area contributed by atoms with Crippen molar-refractivity contribution in [3.63, 3.8) is 0 Å². The van der Waals surface area contributed by atoms with Crippen molar-refractivity contribution in [3.05, 3.63) is 145 Å². The quantitative estimate of drug-likeness (QED) is 0.121. The van der Waals surface area contributed by atoms with Crippen LogP contribution >= 0.6 is 0 Å². The monoisotopic (exact) mass is 716 g/mol. The van der Waals surface area contributed by atoms with Gasteiger partial charge in [-0.3, -0.25) is 0 Å². The molecule has 0 saturated carbocycles. The van der Waals surface area contributed by atoms with Gasteiger partial charge in [-0.25, -0.2) is 0 Å². The summed E-state index contributed by atoms with van der Waals surface area (Å²) < 4.78 is 0. The van der Waals surface area contributed by atoms with Crippen LogP contribution in [0.25, 0.3) is 39.1 Å². The fourth-order valence-electron chi connectivity index (χ4n) is 6.11. The van der Waals surface area contributed by atoms with Gasteiger partial charge in [0.05, 0.1) is 9.52 Å². The van der Waals surface area contributed by atoms with E-state index in [9.17, 15) is 0 Å². The molecule has 0 nitrogen and oxygen atoms in total. The fourth-order valence-corrected chi connectivity index (χ4v) is 7.57. The van der Waals surface area contributed by atoms with Gasteiger partial charge in [0.25, 0.3) is 0 Å². The van der Waals surface area contributed by atoms with Crippen LogP contribution in [0.15, 0.2) is 90.1 Å². The van der Waals surface area contributed by atoms with Gasteiger partial charge in [0.1, 0.15) is 0 Å². The maximum Gasteiger partial charge on any atom is 4.00 e. The molecule has 1 atom stereocenters. The number of rotatable bonds is 6. The number of allylic oxidation sites excluding steroid dienone is 1. The summed E-state index contributed by atoms with van der Waals surface area (Å²) >= 11 is 0. The molecule has 41 heavy (non-hydrogen) atoms. The first-order chi connectivity index (χ1) is 18.4.